The van der Waals surface area contributed by atoms with E-state index in [1.54, 1.807) is 13.8 Å². The highest BCUT2D eigenvalue weighted by Crippen LogP contribution is 2.07. The molecule has 0 rings (SSSR count). The zero-order chi connectivity index (χ0) is 17.8. The normalized spacial score (nSPS) is 17.1. The molecule has 0 unspecified atom stereocenters. The van der Waals surface area contributed by atoms with E-state index in [4.69, 9.17) is 14.9 Å². The summed E-state index contributed by atoms with van der Waals surface area (Å²) in [5.74, 6) is -1.74. The minimum absolute atomic E-state index is 0.263. The van der Waals surface area contributed by atoms with Crippen LogP contribution in [-0.2, 0) is 14.3 Å². The van der Waals surface area contributed by atoms with Crippen LogP contribution in [0.25, 0.3) is 0 Å². The molecule has 0 fully saturated rings. The number of hydrogen-bond acceptors (Lipinski definition) is 6. The lowest BCUT2D eigenvalue weighted by Gasteiger charge is -2.13. The number of esters is 1. The Kier molecular flexibility index (Phi) is 10.9. The first-order chi connectivity index (χ1) is 10.7. The van der Waals surface area contributed by atoms with E-state index in [9.17, 15) is 19.8 Å². The van der Waals surface area contributed by atoms with Crippen LogP contribution >= 0.6 is 0 Å². The van der Waals surface area contributed by atoms with Gasteiger partial charge in [-0.1, -0.05) is 0 Å². The summed E-state index contributed by atoms with van der Waals surface area (Å²) in [5.41, 5.74) is 0. The topological polar surface area (TPSA) is 124 Å². The fourth-order valence-electron chi connectivity index (χ4n) is 1.69. The van der Waals surface area contributed by atoms with Crippen molar-refractivity contribution in [1.82, 2.24) is 0 Å². The molecular formula is C16H26O7. The molecule has 4 atom stereocenters. The van der Waals surface area contributed by atoms with Gasteiger partial charge in [0.1, 0.15) is 0 Å². The number of rotatable bonds is 11. The summed E-state index contributed by atoms with van der Waals surface area (Å²) in [5, 5.41) is 36.6. The maximum atomic E-state index is 11.5. The standard InChI is InChI=1S/C16H26O7/c1-11(17)3-5-13(18)8-10-16(22)23-12(2)4-6-14(19)7-9-15(20)21/h7-14,17-19H,3-6H2,1-2H3,(H,20,21)/b9-7+,10-8+/t11-,12-,13+,14+/m1/s1. The van der Waals surface area contributed by atoms with Gasteiger partial charge >= 0.3 is 11.9 Å². The van der Waals surface area contributed by atoms with Crippen LogP contribution < -0.4 is 0 Å². The number of aliphatic carboxylic acids is 1. The predicted molar refractivity (Wildman–Crippen MR) is 83.6 cm³/mol. The van der Waals surface area contributed by atoms with Gasteiger partial charge in [0.05, 0.1) is 24.4 Å². The van der Waals surface area contributed by atoms with Crippen molar-refractivity contribution in [3.8, 4) is 0 Å². The Bertz CT molecular complexity index is 415. The van der Waals surface area contributed by atoms with Gasteiger partial charge in [0.2, 0.25) is 0 Å². The smallest absolute Gasteiger partial charge is 0.330 e. The van der Waals surface area contributed by atoms with Crippen molar-refractivity contribution in [2.75, 3.05) is 0 Å². The molecule has 0 aliphatic carbocycles. The number of carboxylic acids is 1. The second-order valence-electron chi connectivity index (χ2n) is 5.44. The molecule has 0 aliphatic rings. The van der Waals surface area contributed by atoms with Crippen LogP contribution in [0.2, 0.25) is 0 Å². The van der Waals surface area contributed by atoms with Crippen LogP contribution in [0.5, 0.6) is 0 Å². The van der Waals surface area contributed by atoms with Crippen molar-refractivity contribution < 1.29 is 34.8 Å². The third-order valence-corrected chi connectivity index (χ3v) is 2.98. The monoisotopic (exact) mass is 330 g/mol. The van der Waals surface area contributed by atoms with Crippen LogP contribution in [0, 0.1) is 0 Å². The molecule has 4 N–H and O–H groups in total. The number of carbonyl (C=O) groups is 2. The summed E-state index contributed by atoms with van der Waals surface area (Å²) < 4.78 is 5.06. The molecule has 132 valence electrons. The molecule has 0 aromatic rings. The molecule has 0 saturated carbocycles. The second-order valence-corrected chi connectivity index (χ2v) is 5.44. The van der Waals surface area contributed by atoms with Crippen molar-refractivity contribution in [3.63, 3.8) is 0 Å². The van der Waals surface area contributed by atoms with Gasteiger partial charge in [-0.15, -0.1) is 0 Å². The van der Waals surface area contributed by atoms with Crippen LogP contribution in [0.4, 0.5) is 0 Å². The third kappa shape index (κ3) is 13.7. The van der Waals surface area contributed by atoms with Gasteiger partial charge in [-0.2, -0.15) is 0 Å². The Morgan fingerprint density at radius 3 is 1.96 bits per heavy atom. The van der Waals surface area contributed by atoms with E-state index in [0.29, 0.717) is 19.3 Å². The number of aliphatic hydroxyl groups excluding tert-OH is 3. The van der Waals surface area contributed by atoms with E-state index in [2.05, 4.69) is 0 Å². The lowest BCUT2D eigenvalue weighted by Crippen LogP contribution is -2.16. The van der Waals surface area contributed by atoms with Gasteiger partial charge in [0, 0.05) is 12.2 Å². The molecule has 0 spiro atoms. The minimum atomic E-state index is -1.14. The number of aliphatic hydroxyl groups is 3. The summed E-state index contributed by atoms with van der Waals surface area (Å²) in [6.45, 7) is 3.27. The van der Waals surface area contributed by atoms with Crippen LogP contribution in [0.1, 0.15) is 39.5 Å². The summed E-state index contributed by atoms with van der Waals surface area (Å²) >= 11 is 0. The van der Waals surface area contributed by atoms with E-state index in [1.807, 2.05) is 0 Å². The van der Waals surface area contributed by atoms with Crippen molar-refractivity contribution >= 4 is 11.9 Å². The molecule has 0 amide bonds. The number of carboxylic acid groups (broad SMARTS) is 1. The first kappa shape index (κ1) is 21.3. The van der Waals surface area contributed by atoms with Crippen LogP contribution in [0.3, 0.4) is 0 Å². The first-order valence-corrected chi connectivity index (χ1v) is 7.54. The Balaban J connectivity index is 4.03. The molecule has 0 radical (unpaired) electrons. The van der Waals surface area contributed by atoms with Crippen molar-refractivity contribution in [1.29, 1.82) is 0 Å². The zero-order valence-corrected chi connectivity index (χ0v) is 13.5. The maximum Gasteiger partial charge on any atom is 0.330 e. The SMILES string of the molecule is C[C@H](CC[C@H](O)/C=C/C(=O)O)OC(=O)/C=C/[C@@H](O)CC[C@@H](C)O. The molecule has 0 aromatic carbocycles. The molecule has 7 heteroatoms. The van der Waals surface area contributed by atoms with Crippen LogP contribution in [0.15, 0.2) is 24.3 Å². The van der Waals surface area contributed by atoms with Gasteiger partial charge in [0.15, 0.2) is 0 Å². The van der Waals surface area contributed by atoms with Crippen LogP contribution in [-0.4, -0.2) is 56.8 Å². The first-order valence-electron chi connectivity index (χ1n) is 7.54. The summed E-state index contributed by atoms with van der Waals surface area (Å²) in [7, 11) is 0. The highest BCUT2D eigenvalue weighted by atomic mass is 16.5. The quantitative estimate of drug-likeness (QED) is 0.326. The Morgan fingerprint density at radius 1 is 0.913 bits per heavy atom. The largest absolute Gasteiger partial charge is 0.478 e. The van der Waals surface area contributed by atoms with Gasteiger partial charge in [-0.3, -0.25) is 0 Å². The highest BCUT2D eigenvalue weighted by Gasteiger charge is 2.10. The molecule has 7 nitrogen and oxygen atoms in total. The summed E-state index contributed by atoms with van der Waals surface area (Å²) in [4.78, 5) is 21.8. The van der Waals surface area contributed by atoms with E-state index < -0.39 is 36.4 Å². The molecule has 0 aliphatic heterocycles. The number of carbonyl (C=O) groups excluding carboxylic acids is 1. The zero-order valence-electron chi connectivity index (χ0n) is 13.5. The van der Waals surface area contributed by atoms with Gasteiger partial charge in [0.25, 0.3) is 0 Å². The van der Waals surface area contributed by atoms with E-state index in [0.717, 1.165) is 18.2 Å². The lowest BCUT2D eigenvalue weighted by atomic mass is 10.1. The molecule has 0 saturated heterocycles. The molecule has 0 bridgehead atoms. The Morgan fingerprint density at radius 2 is 1.43 bits per heavy atom. The second kappa shape index (κ2) is 11.8. The molecular weight excluding hydrogens is 304 g/mol. The molecule has 0 aromatic heterocycles. The fraction of sp³-hybridized carbons (Fsp3) is 0.625. The van der Waals surface area contributed by atoms with E-state index in [1.165, 1.54) is 6.08 Å². The van der Waals surface area contributed by atoms with Gasteiger partial charge in [-0.25, -0.2) is 9.59 Å². The summed E-state index contributed by atoms with van der Waals surface area (Å²) in [6, 6.07) is 0. The van der Waals surface area contributed by atoms with Crippen molar-refractivity contribution in [3.05, 3.63) is 24.3 Å². The Hall–Kier alpha value is -1.70. The van der Waals surface area contributed by atoms with Crippen molar-refractivity contribution in [2.45, 2.75) is 63.9 Å². The van der Waals surface area contributed by atoms with Gasteiger partial charge in [-0.05, 0) is 51.7 Å². The number of ether oxygens (including phenoxy) is 1. The average Bonchev–Trinajstić information content (AvgIpc) is 2.46. The third-order valence-electron chi connectivity index (χ3n) is 2.98. The van der Waals surface area contributed by atoms with Gasteiger partial charge < -0.3 is 25.2 Å². The van der Waals surface area contributed by atoms with E-state index >= 15 is 0 Å². The van der Waals surface area contributed by atoms with Crippen molar-refractivity contribution in [2.24, 2.45) is 0 Å². The minimum Gasteiger partial charge on any atom is -0.478 e. The average molecular weight is 330 g/mol. The maximum absolute atomic E-state index is 11.5. The Labute approximate surface area is 135 Å². The predicted octanol–water partition coefficient (Wildman–Crippen LogP) is 0.778. The number of hydrogen-bond donors (Lipinski definition) is 4. The fourth-order valence-corrected chi connectivity index (χ4v) is 1.69. The lowest BCUT2D eigenvalue weighted by molar-refractivity contribution is -0.142. The summed E-state index contributed by atoms with van der Waals surface area (Å²) in [6.07, 6.45) is 3.17. The molecule has 0 heterocycles. The highest BCUT2D eigenvalue weighted by molar-refractivity contribution is 5.82. The molecule has 23 heavy (non-hydrogen) atoms. The van der Waals surface area contributed by atoms with E-state index in [-0.39, 0.29) is 6.42 Å².